The molecular weight excluding hydrogens is 418 g/mol. The van der Waals surface area contributed by atoms with Gasteiger partial charge in [-0.3, -0.25) is 9.78 Å². The van der Waals surface area contributed by atoms with E-state index in [1.165, 1.54) is 0 Å². The van der Waals surface area contributed by atoms with Gasteiger partial charge < -0.3 is 25.2 Å². The maximum atomic E-state index is 12.6. The van der Waals surface area contributed by atoms with Crippen molar-refractivity contribution in [3.05, 3.63) is 53.3 Å². The normalized spacial score (nSPS) is 18.5. The second-order valence-electron chi connectivity index (χ2n) is 7.81. The molecule has 1 saturated heterocycles. The molecule has 1 aromatic carbocycles. The Kier molecular flexibility index (Phi) is 7.70. The molecule has 0 radical (unpaired) electrons. The van der Waals surface area contributed by atoms with Gasteiger partial charge in [0.05, 0.1) is 19.9 Å². The van der Waals surface area contributed by atoms with Crippen LogP contribution in [0.3, 0.4) is 0 Å². The lowest BCUT2D eigenvalue weighted by atomic mass is 9.88. The average Bonchev–Trinajstić information content (AvgIpc) is 2.75. The molecule has 1 aromatic heterocycles. The van der Waals surface area contributed by atoms with Crippen LogP contribution in [0.2, 0.25) is 5.02 Å². The highest BCUT2D eigenvalue weighted by molar-refractivity contribution is 6.30. The van der Waals surface area contributed by atoms with Crippen molar-refractivity contribution in [3.63, 3.8) is 0 Å². The summed E-state index contributed by atoms with van der Waals surface area (Å²) in [5.74, 6) is 0.583. The topological polar surface area (TPSA) is 86.8 Å². The number of aromatic nitrogens is 1. The van der Waals surface area contributed by atoms with Crippen LogP contribution in [0, 0.1) is 0 Å². The highest BCUT2D eigenvalue weighted by atomic mass is 35.5. The van der Waals surface area contributed by atoms with Gasteiger partial charge in [-0.25, -0.2) is 4.79 Å². The van der Waals surface area contributed by atoms with Gasteiger partial charge in [-0.05, 0) is 56.9 Å². The predicted octanol–water partition coefficient (Wildman–Crippen LogP) is 2.81. The summed E-state index contributed by atoms with van der Waals surface area (Å²) < 4.78 is 5.20. The summed E-state index contributed by atoms with van der Waals surface area (Å²) >= 11 is 5.90. The summed E-state index contributed by atoms with van der Waals surface area (Å²) in [6.07, 6.45) is 2.28. The van der Waals surface area contributed by atoms with Crippen LogP contribution in [0.4, 0.5) is 10.5 Å². The van der Waals surface area contributed by atoms with Crippen molar-refractivity contribution in [2.45, 2.75) is 18.4 Å². The number of hydrogen-bond acceptors (Lipinski definition) is 5. The number of likely N-dealkylation sites (N-methyl/N-ethyl adjacent to an activating group) is 1. The molecule has 0 aliphatic carbocycles. The highest BCUT2D eigenvalue weighted by Crippen LogP contribution is 2.27. The number of urea groups is 1. The fraction of sp³-hybridized carbons (Fsp3) is 0.409. The van der Waals surface area contributed by atoms with Crippen LogP contribution >= 0.6 is 11.6 Å². The zero-order valence-corrected chi connectivity index (χ0v) is 18.7. The van der Waals surface area contributed by atoms with Gasteiger partial charge in [0.2, 0.25) is 5.91 Å². The Morgan fingerprint density at radius 1 is 1.23 bits per heavy atom. The van der Waals surface area contributed by atoms with Crippen molar-refractivity contribution >= 4 is 29.2 Å². The van der Waals surface area contributed by atoms with Gasteiger partial charge in [0.15, 0.2) is 0 Å². The first-order valence-electron chi connectivity index (χ1n) is 10.1. The molecule has 3 amide bonds. The number of ether oxygens (including phenoxy) is 1. The van der Waals surface area contributed by atoms with E-state index in [0.717, 1.165) is 5.69 Å². The third kappa shape index (κ3) is 6.32. The first-order valence-corrected chi connectivity index (χ1v) is 10.5. The molecule has 2 unspecified atom stereocenters. The molecule has 166 valence electrons. The minimum atomic E-state index is -0.307. The lowest BCUT2D eigenvalue weighted by molar-refractivity contribution is -0.133. The molecule has 8 nitrogen and oxygen atoms in total. The second-order valence-corrected chi connectivity index (χ2v) is 8.24. The number of likely N-dealkylation sites (tertiary alicyclic amines) is 1. The first kappa shape index (κ1) is 22.8. The molecule has 0 saturated carbocycles. The molecule has 0 bridgehead atoms. The van der Waals surface area contributed by atoms with Gasteiger partial charge >= 0.3 is 6.03 Å². The largest absolute Gasteiger partial charge is 0.495 e. The number of pyridine rings is 1. The zero-order valence-electron chi connectivity index (χ0n) is 18.0. The van der Waals surface area contributed by atoms with E-state index in [1.54, 1.807) is 37.6 Å². The minimum absolute atomic E-state index is 0.0626. The maximum absolute atomic E-state index is 12.6. The number of benzene rings is 1. The Morgan fingerprint density at radius 3 is 2.58 bits per heavy atom. The number of hydrogen-bond donors (Lipinski definition) is 2. The summed E-state index contributed by atoms with van der Waals surface area (Å²) in [4.78, 5) is 33.5. The lowest BCUT2D eigenvalue weighted by Crippen LogP contribution is -2.53. The summed E-state index contributed by atoms with van der Waals surface area (Å²) in [5, 5.41) is 6.49. The average molecular weight is 446 g/mol. The number of carbonyl (C=O) groups is 2. The third-order valence-electron chi connectivity index (χ3n) is 5.21. The van der Waals surface area contributed by atoms with Gasteiger partial charge in [0.25, 0.3) is 0 Å². The van der Waals surface area contributed by atoms with E-state index >= 15 is 0 Å². The van der Waals surface area contributed by atoms with Gasteiger partial charge in [-0.2, -0.15) is 0 Å². The molecule has 1 aliphatic rings. The summed E-state index contributed by atoms with van der Waals surface area (Å²) in [7, 11) is 5.33. The van der Waals surface area contributed by atoms with E-state index < -0.39 is 0 Å². The smallest absolute Gasteiger partial charge is 0.319 e. The van der Waals surface area contributed by atoms with Crippen molar-refractivity contribution < 1.29 is 14.3 Å². The summed E-state index contributed by atoms with van der Waals surface area (Å²) in [6, 6.07) is 10.2. The second kappa shape index (κ2) is 10.5. The van der Waals surface area contributed by atoms with Crippen molar-refractivity contribution in [1.29, 1.82) is 0 Å². The molecule has 2 heterocycles. The number of nitrogens with one attached hydrogen (secondary N) is 2. The maximum Gasteiger partial charge on any atom is 0.319 e. The molecule has 2 aromatic rings. The Balaban J connectivity index is 1.73. The fourth-order valence-electron chi connectivity index (χ4n) is 3.62. The van der Waals surface area contributed by atoms with Gasteiger partial charge in [0, 0.05) is 41.5 Å². The van der Waals surface area contributed by atoms with Gasteiger partial charge in [-0.1, -0.05) is 11.6 Å². The molecule has 9 heteroatoms. The van der Waals surface area contributed by atoms with Crippen LogP contribution in [-0.2, 0) is 4.79 Å². The van der Waals surface area contributed by atoms with Crippen LogP contribution in [0.1, 0.15) is 18.0 Å². The number of halogens is 1. The Labute approximate surface area is 187 Å². The third-order valence-corrected chi connectivity index (χ3v) is 5.46. The molecule has 1 fully saturated rings. The Morgan fingerprint density at radius 2 is 1.97 bits per heavy atom. The summed E-state index contributed by atoms with van der Waals surface area (Å²) in [5.41, 5.74) is 1.46. The number of methoxy groups -OCH3 is 1. The highest BCUT2D eigenvalue weighted by Gasteiger charge is 2.34. The van der Waals surface area contributed by atoms with Gasteiger partial charge in [-0.15, -0.1) is 0 Å². The zero-order chi connectivity index (χ0) is 22.4. The van der Waals surface area contributed by atoms with Crippen molar-refractivity contribution in [2.75, 3.05) is 46.2 Å². The van der Waals surface area contributed by atoms with Crippen molar-refractivity contribution in [1.82, 2.24) is 20.1 Å². The van der Waals surface area contributed by atoms with E-state index in [-0.39, 0.29) is 23.9 Å². The van der Waals surface area contributed by atoms with E-state index in [4.69, 9.17) is 16.3 Å². The quantitative estimate of drug-likeness (QED) is 0.714. The number of anilines is 1. The predicted molar refractivity (Wildman–Crippen MR) is 121 cm³/mol. The SMILES string of the molecule is COc1ccc(C2CN(C(=O)CN(C)C)CCC2NC(=O)Nc2ccc(Cl)cc2)nc1. The monoisotopic (exact) mass is 445 g/mol. The van der Waals surface area contributed by atoms with Crippen LogP contribution in [0.25, 0.3) is 0 Å². The number of amides is 3. The van der Waals surface area contributed by atoms with E-state index in [0.29, 0.717) is 42.5 Å². The number of rotatable bonds is 6. The first-order chi connectivity index (χ1) is 14.9. The van der Waals surface area contributed by atoms with Crippen LogP contribution < -0.4 is 15.4 Å². The van der Waals surface area contributed by atoms with E-state index in [2.05, 4.69) is 15.6 Å². The molecular formula is C22H28ClN5O3. The minimum Gasteiger partial charge on any atom is -0.495 e. The van der Waals surface area contributed by atoms with Crippen LogP contribution in [-0.4, -0.2) is 73.6 Å². The van der Waals surface area contributed by atoms with Crippen LogP contribution in [0.15, 0.2) is 42.6 Å². The molecule has 0 spiro atoms. The Bertz CT molecular complexity index is 889. The van der Waals surface area contributed by atoms with Gasteiger partial charge in [0.1, 0.15) is 5.75 Å². The number of carbonyl (C=O) groups excluding carboxylic acids is 2. The fourth-order valence-corrected chi connectivity index (χ4v) is 3.75. The van der Waals surface area contributed by atoms with Crippen LogP contribution in [0.5, 0.6) is 5.75 Å². The molecule has 2 atom stereocenters. The summed E-state index contributed by atoms with van der Waals surface area (Å²) in [6.45, 7) is 1.40. The standard InChI is InChI=1S/C22H28ClN5O3/c1-27(2)14-21(29)28-11-10-20(18(13-28)19-9-8-17(31-3)12-24-19)26-22(30)25-16-6-4-15(23)5-7-16/h4-9,12,18,20H,10-11,13-14H2,1-3H3,(H2,25,26,30). The van der Waals surface area contributed by atoms with Crippen molar-refractivity contribution in [3.8, 4) is 5.75 Å². The lowest BCUT2D eigenvalue weighted by Gasteiger charge is -2.39. The molecule has 31 heavy (non-hydrogen) atoms. The number of piperidine rings is 1. The molecule has 1 aliphatic heterocycles. The molecule has 2 N–H and O–H groups in total. The van der Waals surface area contributed by atoms with Crippen molar-refractivity contribution in [2.24, 2.45) is 0 Å². The van der Waals surface area contributed by atoms with E-state index in [1.807, 2.05) is 36.0 Å². The van der Waals surface area contributed by atoms with E-state index in [9.17, 15) is 9.59 Å². The molecule has 3 rings (SSSR count). The number of nitrogens with zero attached hydrogens (tertiary/aromatic N) is 3. The Hall–Kier alpha value is -2.84.